The molecule has 0 radical (unpaired) electrons. The molecule has 68 valence electrons. The number of carboxylic acid groups (broad SMARTS) is 1. The fourth-order valence-electron chi connectivity index (χ4n) is 0.849. The third-order valence-corrected chi connectivity index (χ3v) is 1.52. The van der Waals surface area contributed by atoms with Gasteiger partial charge in [-0.1, -0.05) is 36.4 Å². The van der Waals surface area contributed by atoms with Crippen molar-refractivity contribution in [1.82, 2.24) is 0 Å². The molecule has 0 aliphatic heterocycles. The fourth-order valence-corrected chi connectivity index (χ4v) is 0.849. The summed E-state index contributed by atoms with van der Waals surface area (Å²) in [6.07, 6.45) is 1.37. The molecule has 0 aliphatic rings. The van der Waals surface area contributed by atoms with Crippen LogP contribution in [0.2, 0.25) is 0 Å². The Balaban J connectivity index is 2.64. The molecule has 1 rings (SSSR count). The van der Waals surface area contributed by atoms with Gasteiger partial charge in [0.1, 0.15) is 0 Å². The Hall–Kier alpha value is -1.61. The second-order valence-corrected chi connectivity index (χ2v) is 2.55. The SMILES string of the molecule is O=C(O)C(O)/C=C\c1ccccc1. The molecule has 2 N–H and O–H groups in total. The van der Waals surface area contributed by atoms with E-state index in [4.69, 9.17) is 10.2 Å². The van der Waals surface area contributed by atoms with Crippen molar-refractivity contribution >= 4 is 12.0 Å². The van der Waals surface area contributed by atoms with Crippen LogP contribution in [0.1, 0.15) is 5.56 Å². The topological polar surface area (TPSA) is 57.5 Å². The summed E-state index contributed by atoms with van der Waals surface area (Å²) in [7, 11) is 0. The molecule has 1 atom stereocenters. The summed E-state index contributed by atoms with van der Waals surface area (Å²) < 4.78 is 0. The largest absolute Gasteiger partial charge is 0.479 e. The first-order chi connectivity index (χ1) is 6.20. The number of rotatable bonds is 3. The smallest absolute Gasteiger partial charge is 0.336 e. The van der Waals surface area contributed by atoms with Gasteiger partial charge in [-0.15, -0.1) is 0 Å². The van der Waals surface area contributed by atoms with Crippen LogP contribution in [-0.2, 0) is 4.79 Å². The zero-order valence-corrected chi connectivity index (χ0v) is 6.92. The summed E-state index contributed by atoms with van der Waals surface area (Å²) in [6, 6.07) is 9.20. The molecular formula is C10H10O3. The number of hydrogen-bond acceptors (Lipinski definition) is 2. The quantitative estimate of drug-likeness (QED) is 0.729. The lowest BCUT2D eigenvalue weighted by Gasteiger charge is -1.96. The van der Waals surface area contributed by atoms with E-state index in [1.165, 1.54) is 6.08 Å². The van der Waals surface area contributed by atoms with Crippen LogP contribution in [0.25, 0.3) is 6.08 Å². The van der Waals surface area contributed by atoms with E-state index in [1.54, 1.807) is 6.08 Å². The van der Waals surface area contributed by atoms with Crippen molar-refractivity contribution in [2.24, 2.45) is 0 Å². The molecular weight excluding hydrogens is 168 g/mol. The Morgan fingerprint density at radius 1 is 1.31 bits per heavy atom. The molecule has 0 aliphatic carbocycles. The average molecular weight is 178 g/mol. The molecule has 0 amide bonds. The predicted molar refractivity (Wildman–Crippen MR) is 49.1 cm³/mol. The van der Waals surface area contributed by atoms with Gasteiger partial charge in [0.2, 0.25) is 0 Å². The average Bonchev–Trinajstić information content (AvgIpc) is 2.15. The zero-order chi connectivity index (χ0) is 9.68. The number of aliphatic hydroxyl groups excluding tert-OH is 1. The zero-order valence-electron chi connectivity index (χ0n) is 6.92. The van der Waals surface area contributed by atoms with Crippen LogP contribution in [0, 0.1) is 0 Å². The Kier molecular flexibility index (Phi) is 3.23. The maximum absolute atomic E-state index is 10.2. The van der Waals surface area contributed by atoms with Crippen molar-refractivity contribution in [3.05, 3.63) is 42.0 Å². The molecule has 13 heavy (non-hydrogen) atoms. The minimum Gasteiger partial charge on any atom is -0.479 e. The lowest BCUT2D eigenvalue weighted by Crippen LogP contribution is -2.15. The Bertz CT molecular complexity index is 303. The summed E-state index contributed by atoms with van der Waals surface area (Å²) in [5, 5.41) is 17.3. The second-order valence-electron chi connectivity index (χ2n) is 2.55. The Morgan fingerprint density at radius 3 is 2.46 bits per heavy atom. The lowest BCUT2D eigenvalue weighted by molar-refractivity contribution is -0.143. The van der Waals surface area contributed by atoms with E-state index in [-0.39, 0.29) is 0 Å². The third kappa shape index (κ3) is 3.09. The summed E-state index contributed by atoms with van der Waals surface area (Å²) in [6.45, 7) is 0. The maximum atomic E-state index is 10.2. The number of carbonyl (C=O) groups is 1. The van der Waals surface area contributed by atoms with E-state index in [0.717, 1.165) is 5.56 Å². The van der Waals surface area contributed by atoms with Gasteiger partial charge in [0.05, 0.1) is 0 Å². The van der Waals surface area contributed by atoms with Crippen LogP contribution in [0.15, 0.2) is 36.4 Å². The van der Waals surface area contributed by atoms with Crippen LogP contribution >= 0.6 is 0 Å². The standard InChI is InChI=1S/C10H10O3/c11-9(10(12)13)7-6-8-4-2-1-3-5-8/h1-7,9,11H,(H,12,13)/b7-6-. The summed E-state index contributed by atoms with van der Waals surface area (Å²) >= 11 is 0. The molecule has 3 heteroatoms. The molecule has 0 saturated carbocycles. The maximum Gasteiger partial charge on any atom is 0.336 e. The van der Waals surface area contributed by atoms with Crippen molar-refractivity contribution in [2.45, 2.75) is 6.10 Å². The number of aliphatic hydroxyl groups is 1. The van der Waals surface area contributed by atoms with Crippen molar-refractivity contribution in [2.75, 3.05) is 0 Å². The molecule has 0 aromatic heterocycles. The van der Waals surface area contributed by atoms with Crippen LogP contribution in [0.4, 0.5) is 0 Å². The highest BCUT2D eigenvalue weighted by atomic mass is 16.4. The summed E-state index contributed by atoms with van der Waals surface area (Å²) in [4.78, 5) is 10.2. The van der Waals surface area contributed by atoms with E-state index in [0.29, 0.717) is 0 Å². The lowest BCUT2D eigenvalue weighted by atomic mass is 10.2. The Morgan fingerprint density at radius 2 is 1.92 bits per heavy atom. The normalized spacial score (nSPS) is 13.0. The Labute approximate surface area is 76.0 Å². The van der Waals surface area contributed by atoms with Crippen molar-refractivity contribution in [1.29, 1.82) is 0 Å². The van der Waals surface area contributed by atoms with E-state index in [2.05, 4.69) is 0 Å². The monoisotopic (exact) mass is 178 g/mol. The fraction of sp³-hybridized carbons (Fsp3) is 0.100. The molecule has 0 spiro atoms. The minimum absolute atomic E-state index is 0.864. The number of aliphatic carboxylic acids is 1. The molecule has 1 unspecified atom stereocenters. The molecule has 0 saturated heterocycles. The van der Waals surface area contributed by atoms with E-state index < -0.39 is 12.1 Å². The molecule has 0 fully saturated rings. The van der Waals surface area contributed by atoms with Crippen molar-refractivity contribution in [3.63, 3.8) is 0 Å². The summed E-state index contributed by atoms with van der Waals surface area (Å²) in [5.74, 6) is -1.24. The van der Waals surface area contributed by atoms with Gasteiger partial charge in [-0.2, -0.15) is 0 Å². The number of carboxylic acids is 1. The van der Waals surface area contributed by atoms with E-state index >= 15 is 0 Å². The summed E-state index contributed by atoms with van der Waals surface area (Å²) in [5.41, 5.74) is 0.864. The van der Waals surface area contributed by atoms with Crippen molar-refractivity contribution in [3.8, 4) is 0 Å². The van der Waals surface area contributed by atoms with Gasteiger partial charge >= 0.3 is 5.97 Å². The third-order valence-electron chi connectivity index (χ3n) is 1.52. The minimum atomic E-state index is -1.43. The van der Waals surface area contributed by atoms with Crippen LogP contribution in [0.3, 0.4) is 0 Å². The number of hydrogen-bond donors (Lipinski definition) is 2. The first-order valence-electron chi connectivity index (χ1n) is 3.84. The van der Waals surface area contributed by atoms with Crippen LogP contribution in [0.5, 0.6) is 0 Å². The molecule has 0 heterocycles. The molecule has 3 nitrogen and oxygen atoms in total. The first-order valence-corrected chi connectivity index (χ1v) is 3.84. The van der Waals surface area contributed by atoms with Gasteiger partial charge in [0.25, 0.3) is 0 Å². The van der Waals surface area contributed by atoms with Gasteiger partial charge in [-0.3, -0.25) is 0 Å². The van der Waals surface area contributed by atoms with Gasteiger partial charge in [-0.25, -0.2) is 4.79 Å². The highest BCUT2D eigenvalue weighted by Crippen LogP contribution is 2.01. The van der Waals surface area contributed by atoms with Crippen LogP contribution in [-0.4, -0.2) is 22.3 Å². The molecule has 1 aromatic carbocycles. The highest BCUT2D eigenvalue weighted by Gasteiger charge is 2.06. The first kappa shape index (κ1) is 9.48. The van der Waals surface area contributed by atoms with Crippen LogP contribution < -0.4 is 0 Å². The van der Waals surface area contributed by atoms with E-state index in [1.807, 2.05) is 30.3 Å². The molecule has 1 aromatic rings. The van der Waals surface area contributed by atoms with Crippen molar-refractivity contribution < 1.29 is 15.0 Å². The second kappa shape index (κ2) is 4.42. The van der Waals surface area contributed by atoms with E-state index in [9.17, 15) is 4.79 Å². The highest BCUT2D eigenvalue weighted by molar-refractivity contribution is 5.75. The number of benzene rings is 1. The van der Waals surface area contributed by atoms with Gasteiger partial charge in [0, 0.05) is 0 Å². The van der Waals surface area contributed by atoms with Gasteiger partial charge in [-0.05, 0) is 11.6 Å². The molecule has 0 bridgehead atoms. The predicted octanol–water partition coefficient (Wildman–Crippen LogP) is 1.15. The van der Waals surface area contributed by atoms with Gasteiger partial charge in [0.15, 0.2) is 6.10 Å². The van der Waals surface area contributed by atoms with Gasteiger partial charge < -0.3 is 10.2 Å².